The van der Waals surface area contributed by atoms with Crippen molar-refractivity contribution < 1.29 is 29.3 Å². The highest BCUT2D eigenvalue weighted by molar-refractivity contribution is 6.27. The van der Waals surface area contributed by atoms with Gasteiger partial charge in [0.05, 0.1) is 14.2 Å². The molecule has 0 aliphatic carbocycles. The first kappa shape index (κ1) is 23.7. The second-order valence-corrected chi connectivity index (χ2v) is 6.57. The standard InChI is InChI=1S/C18H30N2O2.C2H2O4/c1-5-16(6-2)20-11-9-19(10-12-20)14-15-13-17(21-3)7-8-18(15)22-4;3-1(4)2(5)6/h7-8,13,16H,5-6,9-12,14H2,1-4H3;(H,3,4)(H,5,6). The minimum atomic E-state index is -1.82. The van der Waals surface area contributed by atoms with E-state index in [0.29, 0.717) is 0 Å². The predicted molar refractivity (Wildman–Crippen MR) is 106 cm³/mol. The second-order valence-electron chi connectivity index (χ2n) is 6.57. The molecule has 2 rings (SSSR count). The molecule has 8 nitrogen and oxygen atoms in total. The van der Waals surface area contributed by atoms with Gasteiger partial charge in [-0.1, -0.05) is 13.8 Å². The zero-order chi connectivity index (χ0) is 21.1. The highest BCUT2D eigenvalue weighted by Gasteiger charge is 2.22. The Balaban J connectivity index is 0.000000568. The number of methoxy groups -OCH3 is 2. The van der Waals surface area contributed by atoms with Crippen LogP contribution in [0, 0.1) is 0 Å². The fourth-order valence-corrected chi connectivity index (χ4v) is 3.34. The SMILES string of the molecule is CCC(CC)N1CCN(Cc2cc(OC)ccc2OC)CC1.O=C(O)C(=O)O. The van der Waals surface area contributed by atoms with Crippen LogP contribution in [0.4, 0.5) is 0 Å². The summed E-state index contributed by atoms with van der Waals surface area (Å²) in [6.07, 6.45) is 2.50. The minimum absolute atomic E-state index is 0.744. The van der Waals surface area contributed by atoms with Crippen molar-refractivity contribution in [3.8, 4) is 11.5 Å². The van der Waals surface area contributed by atoms with E-state index in [-0.39, 0.29) is 0 Å². The summed E-state index contributed by atoms with van der Waals surface area (Å²) in [6, 6.07) is 6.78. The Bertz CT molecular complexity index is 613. The number of carboxylic acid groups (broad SMARTS) is 2. The summed E-state index contributed by atoms with van der Waals surface area (Å²) < 4.78 is 10.8. The summed E-state index contributed by atoms with van der Waals surface area (Å²) in [5.74, 6) is -1.81. The Hall–Kier alpha value is -2.32. The third-order valence-electron chi connectivity index (χ3n) is 4.93. The van der Waals surface area contributed by atoms with Crippen LogP contribution in [0.1, 0.15) is 32.3 Å². The average Bonchev–Trinajstić information content (AvgIpc) is 2.70. The number of benzene rings is 1. The molecule has 1 fully saturated rings. The highest BCUT2D eigenvalue weighted by atomic mass is 16.5. The van der Waals surface area contributed by atoms with E-state index in [1.807, 2.05) is 12.1 Å². The van der Waals surface area contributed by atoms with Crippen molar-refractivity contribution in [1.82, 2.24) is 9.80 Å². The van der Waals surface area contributed by atoms with Crippen molar-refractivity contribution in [1.29, 1.82) is 0 Å². The molecule has 1 aromatic carbocycles. The Morgan fingerprint density at radius 3 is 2.00 bits per heavy atom. The topological polar surface area (TPSA) is 99.5 Å². The summed E-state index contributed by atoms with van der Waals surface area (Å²) in [6.45, 7) is 10.1. The smallest absolute Gasteiger partial charge is 0.414 e. The fourth-order valence-electron chi connectivity index (χ4n) is 3.34. The van der Waals surface area contributed by atoms with Gasteiger partial charge >= 0.3 is 11.9 Å². The molecule has 1 heterocycles. The number of ether oxygens (including phenoxy) is 2. The number of aliphatic carboxylic acids is 2. The summed E-state index contributed by atoms with van der Waals surface area (Å²) in [4.78, 5) is 23.3. The summed E-state index contributed by atoms with van der Waals surface area (Å²) in [5, 5.41) is 14.8. The lowest BCUT2D eigenvalue weighted by Gasteiger charge is -2.39. The molecule has 1 saturated heterocycles. The van der Waals surface area contributed by atoms with Gasteiger partial charge < -0.3 is 19.7 Å². The van der Waals surface area contributed by atoms with Crippen LogP contribution >= 0.6 is 0 Å². The van der Waals surface area contributed by atoms with Gasteiger partial charge in [-0.2, -0.15) is 0 Å². The Labute approximate surface area is 166 Å². The Morgan fingerprint density at radius 1 is 1.00 bits per heavy atom. The van der Waals surface area contributed by atoms with Gasteiger partial charge in [-0.05, 0) is 31.0 Å². The third-order valence-corrected chi connectivity index (χ3v) is 4.93. The third kappa shape index (κ3) is 7.36. The molecule has 0 spiro atoms. The van der Waals surface area contributed by atoms with Gasteiger partial charge in [0, 0.05) is 44.3 Å². The van der Waals surface area contributed by atoms with Crippen LogP contribution < -0.4 is 9.47 Å². The molecule has 0 radical (unpaired) electrons. The Kier molecular flexibility index (Phi) is 10.3. The molecule has 1 aromatic rings. The first-order valence-corrected chi connectivity index (χ1v) is 9.49. The minimum Gasteiger partial charge on any atom is -0.497 e. The molecule has 28 heavy (non-hydrogen) atoms. The molecule has 0 bridgehead atoms. The lowest BCUT2D eigenvalue weighted by molar-refractivity contribution is -0.159. The highest BCUT2D eigenvalue weighted by Crippen LogP contribution is 2.26. The molecule has 0 unspecified atom stereocenters. The lowest BCUT2D eigenvalue weighted by Crippen LogP contribution is -2.49. The van der Waals surface area contributed by atoms with E-state index in [9.17, 15) is 0 Å². The van der Waals surface area contributed by atoms with Gasteiger partial charge in [-0.3, -0.25) is 9.80 Å². The average molecular weight is 396 g/mol. The van der Waals surface area contributed by atoms with Gasteiger partial charge in [-0.15, -0.1) is 0 Å². The molecule has 1 aliphatic heterocycles. The monoisotopic (exact) mass is 396 g/mol. The fraction of sp³-hybridized carbons (Fsp3) is 0.600. The number of hydrogen-bond donors (Lipinski definition) is 2. The number of nitrogens with zero attached hydrogens (tertiary/aromatic N) is 2. The summed E-state index contributed by atoms with van der Waals surface area (Å²) >= 11 is 0. The van der Waals surface area contributed by atoms with E-state index in [0.717, 1.165) is 37.2 Å². The van der Waals surface area contributed by atoms with Crippen molar-refractivity contribution in [3.05, 3.63) is 23.8 Å². The number of rotatable bonds is 7. The van der Waals surface area contributed by atoms with E-state index < -0.39 is 11.9 Å². The van der Waals surface area contributed by atoms with Crippen molar-refractivity contribution in [3.63, 3.8) is 0 Å². The van der Waals surface area contributed by atoms with Crippen LogP contribution in [0.2, 0.25) is 0 Å². The van der Waals surface area contributed by atoms with Crippen LogP contribution in [-0.4, -0.2) is 78.4 Å². The Morgan fingerprint density at radius 2 is 1.57 bits per heavy atom. The molecule has 0 saturated carbocycles. The van der Waals surface area contributed by atoms with Gasteiger partial charge in [0.2, 0.25) is 0 Å². The van der Waals surface area contributed by atoms with Crippen LogP contribution in [-0.2, 0) is 16.1 Å². The summed E-state index contributed by atoms with van der Waals surface area (Å²) in [7, 11) is 3.44. The molecular formula is C20H32N2O6. The number of carbonyl (C=O) groups is 2. The van der Waals surface area contributed by atoms with E-state index in [1.165, 1.54) is 31.5 Å². The molecular weight excluding hydrogens is 364 g/mol. The maximum Gasteiger partial charge on any atom is 0.414 e. The quantitative estimate of drug-likeness (QED) is 0.677. The first-order chi connectivity index (χ1) is 13.4. The maximum absolute atomic E-state index is 9.10. The number of carboxylic acids is 2. The van der Waals surface area contributed by atoms with Crippen molar-refractivity contribution in [2.24, 2.45) is 0 Å². The predicted octanol–water partition coefficient (Wildman–Crippen LogP) is 2.17. The van der Waals surface area contributed by atoms with Crippen LogP contribution in [0.5, 0.6) is 11.5 Å². The van der Waals surface area contributed by atoms with E-state index in [1.54, 1.807) is 14.2 Å². The van der Waals surface area contributed by atoms with Gasteiger partial charge in [0.1, 0.15) is 11.5 Å². The van der Waals surface area contributed by atoms with Crippen molar-refractivity contribution >= 4 is 11.9 Å². The molecule has 0 atom stereocenters. The van der Waals surface area contributed by atoms with Crippen molar-refractivity contribution in [2.45, 2.75) is 39.3 Å². The molecule has 0 amide bonds. The molecule has 1 aliphatic rings. The molecule has 158 valence electrons. The maximum atomic E-state index is 9.10. The van der Waals surface area contributed by atoms with E-state index in [4.69, 9.17) is 29.3 Å². The zero-order valence-electron chi connectivity index (χ0n) is 17.2. The van der Waals surface area contributed by atoms with Crippen LogP contribution in [0.15, 0.2) is 18.2 Å². The van der Waals surface area contributed by atoms with Gasteiger partial charge in [-0.25, -0.2) is 9.59 Å². The zero-order valence-corrected chi connectivity index (χ0v) is 17.2. The molecule has 2 N–H and O–H groups in total. The normalized spacial score (nSPS) is 14.9. The summed E-state index contributed by atoms with van der Waals surface area (Å²) in [5.41, 5.74) is 1.21. The largest absolute Gasteiger partial charge is 0.497 e. The van der Waals surface area contributed by atoms with Gasteiger partial charge in [0.25, 0.3) is 0 Å². The van der Waals surface area contributed by atoms with Crippen molar-refractivity contribution in [2.75, 3.05) is 40.4 Å². The first-order valence-electron chi connectivity index (χ1n) is 9.49. The number of hydrogen-bond acceptors (Lipinski definition) is 6. The lowest BCUT2D eigenvalue weighted by atomic mass is 10.1. The van der Waals surface area contributed by atoms with Crippen LogP contribution in [0.3, 0.4) is 0 Å². The number of piperazine rings is 1. The second kappa shape index (κ2) is 12.2. The molecule has 8 heteroatoms. The van der Waals surface area contributed by atoms with Crippen LogP contribution in [0.25, 0.3) is 0 Å². The van der Waals surface area contributed by atoms with Gasteiger partial charge in [0.15, 0.2) is 0 Å². The van der Waals surface area contributed by atoms with E-state index in [2.05, 4.69) is 29.7 Å². The van der Waals surface area contributed by atoms with E-state index >= 15 is 0 Å². The molecule has 0 aromatic heterocycles.